The quantitative estimate of drug-likeness (QED) is 0.838. The van der Waals surface area contributed by atoms with Gasteiger partial charge in [0.2, 0.25) is 5.91 Å². The first-order valence-corrected chi connectivity index (χ1v) is 11.1. The van der Waals surface area contributed by atoms with Crippen LogP contribution < -0.4 is 0 Å². The van der Waals surface area contributed by atoms with Crippen LogP contribution in [0.15, 0.2) is 16.3 Å². The number of carbonyl (C=O) groups is 1. The average molecular weight is 387 g/mol. The summed E-state index contributed by atoms with van der Waals surface area (Å²) in [6.45, 7) is 5.27. The highest BCUT2D eigenvalue weighted by Crippen LogP contribution is 2.30. The molecule has 25 heavy (non-hydrogen) atoms. The van der Waals surface area contributed by atoms with Crippen molar-refractivity contribution in [3.8, 4) is 0 Å². The zero-order valence-corrected chi connectivity index (χ0v) is 16.4. The molecule has 1 amide bonds. The van der Waals surface area contributed by atoms with Gasteiger partial charge in [0.15, 0.2) is 0 Å². The van der Waals surface area contributed by atoms with Gasteiger partial charge in [-0.05, 0) is 51.7 Å². The Kier molecular flexibility index (Phi) is 5.26. The fourth-order valence-corrected chi connectivity index (χ4v) is 6.72. The second kappa shape index (κ2) is 6.98. The molecule has 0 unspecified atom stereocenters. The third-order valence-electron chi connectivity index (χ3n) is 5.01. The topological polar surface area (TPSA) is 77.9 Å². The number of carbonyl (C=O) groups excluding carboxylic acids is 1. The molecule has 2 aliphatic rings. The summed E-state index contributed by atoms with van der Waals surface area (Å²) in [6, 6.07) is 3.17. The Morgan fingerprint density at radius 3 is 2.56 bits per heavy atom. The van der Waals surface area contributed by atoms with Crippen LogP contribution in [0.1, 0.15) is 44.4 Å². The summed E-state index contributed by atoms with van der Waals surface area (Å²) in [5, 5.41) is 10.3. The summed E-state index contributed by atoms with van der Waals surface area (Å²) in [4.78, 5) is 15.1. The average Bonchev–Trinajstić information content (AvgIpc) is 3.27. The molecule has 2 aliphatic heterocycles. The van der Waals surface area contributed by atoms with Crippen LogP contribution in [-0.2, 0) is 21.2 Å². The molecule has 140 valence electrons. The van der Waals surface area contributed by atoms with Gasteiger partial charge >= 0.3 is 0 Å². The molecule has 2 fully saturated rings. The van der Waals surface area contributed by atoms with Crippen molar-refractivity contribution in [2.75, 3.05) is 19.6 Å². The Morgan fingerprint density at radius 1 is 1.24 bits per heavy atom. The van der Waals surface area contributed by atoms with Gasteiger partial charge in [-0.25, -0.2) is 8.42 Å². The zero-order chi connectivity index (χ0) is 18.2. The van der Waals surface area contributed by atoms with Gasteiger partial charge in [-0.2, -0.15) is 4.31 Å². The van der Waals surface area contributed by atoms with Crippen molar-refractivity contribution in [3.05, 3.63) is 17.0 Å². The second-order valence-corrected chi connectivity index (χ2v) is 10.7. The van der Waals surface area contributed by atoms with E-state index in [-0.39, 0.29) is 18.4 Å². The van der Waals surface area contributed by atoms with Crippen molar-refractivity contribution < 1.29 is 18.3 Å². The standard InChI is InChI=1S/C17H26N2O4S2/c1-17(2,21)14-6-5-11-19(14)15(20)12-13-7-8-16(24-13)25(22,23)18-9-3-4-10-18/h7-8,14,21H,3-6,9-12H2,1-2H3/t14-/m1/s1. The third-order valence-corrected chi connectivity index (χ3v) is 8.46. The minimum Gasteiger partial charge on any atom is -0.388 e. The number of sulfonamides is 1. The predicted octanol–water partition coefficient (Wildman–Crippen LogP) is 1.84. The van der Waals surface area contributed by atoms with E-state index < -0.39 is 15.6 Å². The molecule has 0 bridgehead atoms. The van der Waals surface area contributed by atoms with Crippen molar-refractivity contribution in [2.24, 2.45) is 0 Å². The fourth-order valence-electron chi connectivity index (χ4n) is 3.70. The highest BCUT2D eigenvalue weighted by atomic mass is 32.2. The number of aliphatic hydroxyl groups is 1. The molecule has 3 heterocycles. The number of rotatable bonds is 5. The maximum absolute atomic E-state index is 12.6. The van der Waals surface area contributed by atoms with E-state index in [1.54, 1.807) is 30.9 Å². The van der Waals surface area contributed by atoms with Gasteiger partial charge in [0.05, 0.1) is 18.1 Å². The van der Waals surface area contributed by atoms with Gasteiger partial charge in [-0.3, -0.25) is 4.79 Å². The molecule has 0 aromatic carbocycles. The van der Waals surface area contributed by atoms with Gasteiger partial charge in [0.25, 0.3) is 10.0 Å². The second-order valence-electron chi connectivity index (χ2n) is 7.41. The van der Waals surface area contributed by atoms with Crippen molar-refractivity contribution >= 4 is 27.3 Å². The van der Waals surface area contributed by atoms with E-state index in [4.69, 9.17) is 0 Å². The summed E-state index contributed by atoms with van der Waals surface area (Å²) >= 11 is 1.18. The van der Waals surface area contributed by atoms with Gasteiger partial charge < -0.3 is 10.0 Å². The molecule has 1 atom stereocenters. The molecule has 6 nitrogen and oxygen atoms in total. The monoisotopic (exact) mass is 386 g/mol. The fraction of sp³-hybridized carbons (Fsp3) is 0.706. The van der Waals surface area contributed by atoms with Gasteiger partial charge in [0.1, 0.15) is 4.21 Å². The Morgan fingerprint density at radius 2 is 1.92 bits per heavy atom. The number of amides is 1. The number of likely N-dealkylation sites (tertiary alicyclic amines) is 1. The largest absolute Gasteiger partial charge is 0.388 e. The smallest absolute Gasteiger partial charge is 0.252 e. The van der Waals surface area contributed by atoms with Crippen LogP contribution >= 0.6 is 11.3 Å². The van der Waals surface area contributed by atoms with Crippen molar-refractivity contribution in [3.63, 3.8) is 0 Å². The highest BCUT2D eigenvalue weighted by Gasteiger charge is 2.38. The molecule has 1 N–H and O–H groups in total. The maximum atomic E-state index is 12.6. The third kappa shape index (κ3) is 3.92. The molecule has 0 radical (unpaired) electrons. The van der Waals surface area contributed by atoms with Crippen LogP contribution in [0.25, 0.3) is 0 Å². The Hall–Kier alpha value is -0.960. The Labute approximate surface area is 153 Å². The van der Waals surface area contributed by atoms with Gasteiger partial charge in [-0.15, -0.1) is 11.3 Å². The lowest BCUT2D eigenvalue weighted by molar-refractivity contribution is -0.135. The molecule has 0 spiro atoms. The lowest BCUT2D eigenvalue weighted by Crippen LogP contribution is -2.48. The lowest BCUT2D eigenvalue weighted by Gasteiger charge is -2.33. The van der Waals surface area contributed by atoms with Crippen molar-refractivity contribution in [2.45, 2.75) is 61.8 Å². The van der Waals surface area contributed by atoms with Crippen LogP contribution in [0.3, 0.4) is 0 Å². The normalized spacial score (nSPS) is 22.7. The van der Waals surface area contributed by atoms with E-state index in [9.17, 15) is 18.3 Å². The van der Waals surface area contributed by atoms with Crippen molar-refractivity contribution in [1.82, 2.24) is 9.21 Å². The summed E-state index contributed by atoms with van der Waals surface area (Å²) in [7, 11) is -3.42. The summed E-state index contributed by atoms with van der Waals surface area (Å²) in [5.74, 6) is -0.0448. The Balaban J connectivity index is 1.70. The minimum absolute atomic E-state index is 0.0448. The predicted molar refractivity (Wildman–Crippen MR) is 97.0 cm³/mol. The van der Waals surface area contributed by atoms with E-state index in [1.807, 2.05) is 0 Å². The summed E-state index contributed by atoms with van der Waals surface area (Å²) in [6.07, 6.45) is 3.69. The molecule has 3 rings (SSSR count). The highest BCUT2D eigenvalue weighted by molar-refractivity contribution is 7.91. The first-order valence-electron chi connectivity index (χ1n) is 8.80. The molecule has 2 saturated heterocycles. The van der Waals surface area contributed by atoms with E-state index in [0.29, 0.717) is 23.8 Å². The van der Waals surface area contributed by atoms with Crippen LogP contribution in [0.4, 0.5) is 0 Å². The van der Waals surface area contributed by atoms with Crippen molar-refractivity contribution in [1.29, 1.82) is 0 Å². The molecule has 0 saturated carbocycles. The van der Waals surface area contributed by atoms with Crippen LogP contribution in [0, 0.1) is 0 Å². The molecule has 1 aromatic rings. The molecule has 8 heteroatoms. The molecule has 1 aromatic heterocycles. The number of hydrogen-bond donors (Lipinski definition) is 1. The summed E-state index contributed by atoms with van der Waals surface area (Å²) < 4.78 is 27.0. The van der Waals surface area contributed by atoms with E-state index in [1.165, 1.54) is 15.6 Å². The summed E-state index contributed by atoms with van der Waals surface area (Å²) in [5.41, 5.74) is -0.925. The van der Waals surface area contributed by atoms with Gasteiger partial charge in [-0.1, -0.05) is 0 Å². The first kappa shape index (κ1) is 18.8. The maximum Gasteiger partial charge on any atom is 0.252 e. The van der Waals surface area contributed by atoms with E-state index in [2.05, 4.69) is 0 Å². The lowest BCUT2D eigenvalue weighted by atomic mass is 9.96. The molecular formula is C17H26N2O4S2. The van der Waals surface area contributed by atoms with E-state index in [0.717, 1.165) is 30.6 Å². The SMILES string of the molecule is CC(C)(O)[C@H]1CCCN1C(=O)Cc1ccc(S(=O)(=O)N2CCCC2)s1. The molecule has 0 aliphatic carbocycles. The van der Waals surface area contributed by atoms with Gasteiger partial charge in [0, 0.05) is 24.5 Å². The number of hydrogen-bond acceptors (Lipinski definition) is 5. The minimum atomic E-state index is -3.42. The van der Waals surface area contributed by atoms with Crippen LogP contribution in [0.5, 0.6) is 0 Å². The number of thiophene rings is 1. The first-order chi connectivity index (χ1) is 11.7. The van der Waals surface area contributed by atoms with Crippen LogP contribution in [0.2, 0.25) is 0 Å². The zero-order valence-electron chi connectivity index (χ0n) is 14.8. The van der Waals surface area contributed by atoms with Crippen LogP contribution in [-0.4, -0.2) is 59.9 Å². The van der Waals surface area contributed by atoms with E-state index >= 15 is 0 Å². The molecular weight excluding hydrogens is 360 g/mol. The number of nitrogens with zero attached hydrogens (tertiary/aromatic N) is 2. The Bertz CT molecular complexity index is 730.